The lowest BCUT2D eigenvalue weighted by Crippen LogP contribution is -2.45. The van der Waals surface area contributed by atoms with Gasteiger partial charge in [0.1, 0.15) is 11.2 Å². The van der Waals surface area contributed by atoms with Crippen LogP contribution in [0.3, 0.4) is 0 Å². The lowest BCUT2D eigenvalue weighted by molar-refractivity contribution is 0.0925. The van der Waals surface area contributed by atoms with E-state index >= 15 is 0 Å². The molecule has 0 spiro atoms. The van der Waals surface area contributed by atoms with Crippen molar-refractivity contribution >= 4 is 17.2 Å². The predicted octanol–water partition coefficient (Wildman–Crippen LogP) is 0.862. The number of carbonyl (C=O) groups excluding carboxylic acids is 1. The number of carbonyl (C=O) groups is 1. The molecular weight excluding hydrogens is 306 g/mol. The number of anilines is 1. The van der Waals surface area contributed by atoms with Crippen LogP contribution < -0.4 is 10.2 Å². The van der Waals surface area contributed by atoms with Crippen LogP contribution in [0.4, 0.5) is 5.82 Å². The number of rotatable bonds is 3. The summed E-state index contributed by atoms with van der Waals surface area (Å²) in [5.41, 5.74) is 1.47. The molecule has 0 bridgehead atoms. The van der Waals surface area contributed by atoms with Crippen LogP contribution >= 0.6 is 0 Å². The Bertz CT molecular complexity index is 860. The second-order valence-corrected chi connectivity index (χ2v) is 6.02. The van der Waals surface area contributed by atoms with Gasteiger partial charge in [0.05, 0.1) is 6.20 Å². The first kappa shape index (κ1) is 14.7. The zero-order valence-electron chi connectivity index (χ0n) is 13.5. The Morgan fingerprint density at radius 2 is 2.04 bits per heavy atom. The number of aromatic nitrogens is 5. The number of aryl methyl sites for hydroxylation is 1. The summed E-state index contributed by atoms with van der Waals surface area (Å²) in [5.74, 6) is 0.842. The van der Waals surface area contributed by atoms with E-state index in [1.54, 1.807) is 36.4 Å². The first-order chi connectivity index (χ1) is 11.7. The molecule has 0 unspecified atom stereocenters. The SMILES string of the molecule is Cn1ccc(C(=O)NC2CCN(c3nccn4nccc34)CC2)n1. The van der Waals surface area contributed by atoms with Gasteiger partial charge in [-0.2, -0.15) is 10.2 Å². The highest BCUT2D eigenvalue weighted by Crippen LogP contribution is 2.22. The molecule has 0 radical (unpaired) electrons. The number of fused-ring (bicyclic) bond motifs is 1. The lowest BCUT2D eigenvalue weighted by atomic mass is 10.0. The maximum Gasteiger partial charge on any atom is 0.271 e. The highest BCUT2D eigenvalue weighted by molar-refractivity contribution is 5.92. The number of piperidine rings is 1. The van der Waals surface area contributed by atoms with Crippen molar-refractivity contribution < 1.29 is 4.79 Å². The summed E-state index contributed by atoms with van der Waals surface area (Å²) in [6.07, 6.45) is 8.93. The van der Waals surface area contributed by atoms with Crippen LogP contribution in [0, 0.1) is 0 Å². The molecule has 1 amide bonds. The molecule has 8 heteroatoms. The van der Waals surface area contributed by atoms with Gasteiger partial charge in [0.2, 0.25) is 0 Å². The third-order valence-corrected chi connectivity index (χ3v) is 4.38. The minimum absolute atomic E-state index is 0.106. The first-order valence-electron chi connectivity index (χ1n) is 8.04. The van der Waals surface area contributed by atoms with E-state index in [1.807, 2.05) is 16.8 Å². The zero-order valence-corrected chi connectivity index (χ0v) is 13.5. The van der Waals surface area contributed by atoms with Crippen LogP contribution in [0.1, 0.15) is 23.3 Å². The predicted molar refractivity (Wildman–Crippen MR) is 88.9 cm³/mol. The molecule has 1 aliphatic rings. The maximum atomic E-state index is 12.2. The van der Waals surface area contributed by atoms with Gasteiger partial charge in [-0.1, -0.05) is 0 Å². The van der Waals surface area contributed by atoms with E-state index in [0.29, 0.717) is 5.69 Å². The minimum Gasteiger partial charge on any atom is -0.355 e. The van der Waals surface area contributed by atoms with Gasteiger partial charge in [-0.3, -0.25) is 9.48 Å². The summed E-state index contributed by atoms with van der Waals surface area (Å²) in [6.45, 7) is 1.70. The van der Waals surface area contributed by atoms with E-state index in [-0.39, 0.29) is 11.9 Å². The van der Waals surface area contributed by atoms with Crippen LogP contribution in [-0.4, -0.2) is 49.4 Å². The van der Waals surface area contributed by atoms with E-state index in [9.17, 15) is 4.79 Å². The number of hydrogen-bond donors (Lipinski definition) is 1. The summed E-state index contributed by atoms with van der Waals surface area (Å²) in [6, 6.07) is 3.87. The number of amides is 1. The molecular formula is C16H19N7O. The highest BCUT2D eigenvalue weighted by Gasteiger charge is 2.23. The molecule has 8 nitrogen and oxygen atoms in total. The molecule has 0 aromatic carbocycles. The molecule has 0 atom stereocenters. The summed E-state index contributed by atoms with van der Waals surface area (Å²) in [7, 11) is 1.80. The average Bonchev–Trinajstić information content (AvgIpc) is 3.24. The number of nitrogens with one attached hydrogen (secondary N) is 1. The van der Waals surface area contributed by atoms with Gasteiger partial charge in [0, 0.05) is 44.8 Å². The fourth-order valence-corrected chi connectivity index (χ4v) is 3.12. The molecule has 4 rings (SSSR count). The molecule has 124 valence electrons. The van der Waals surface area contributed by atoms with E-state index < -0.39 is 0 Å². The Hall–Kier alpha value is -2.90. The van der Waals surface area contributed by atoms with Gasteiger partial charge in [0.15, 0.2) is 5.82 Å². The standard InChI is InChI=1S/C16H19N7O/c1-21-8-5-13(20-21)16(24)19-12-3-9-22(10-4-12)15-14-2-6-18-23(14)11-7-17-15/h2,5-8,11-12H,3-4,9-10H2,1H3,(H,19,24). The Balaban J connectivity index is 1.40. The lowest BCUT2D eigenvalue weighted by Gasteiger charge is -2.33. The second kappa shape index (κ2) is 5.95. The van der Waals surface area contributed by atoms with Crippen molar-refractivity contribution in [2.24, 2.45) is 7.05 Å². The van der Waals surface area contributed by atoms with Gasteiger partial charge in [-0.05, 0) is 25.0 Å². The fraction of sp³-hybridized carbons (Fsp3) is 0.375. The van der Waals surface area contributed by atoms with Gasteiger partial charge >= 0.3 is 0 Å². The summed E-state index contributed by atoms with van der Waals surface area (Å²) in [5, 5.41) is 11.5. The molecule has 3 aromatic heterocycles. The molecule has 24 heavy (non-hydrogen) atoms. The van der Waals surface area contributed by atoms with Crippen molar-refractivity contribution in [3.8, 4) is 0 Å². The van der Waals surface area contributed by atoms with Crippen molar-refractivity contribution in [1.82, 2.24) is 29.7 Å². The number of hydrogen-bond acceptors (Lipinski definition) is 5. The Morgan fingerprint density at radius 3 is 2.79 bits per heavy atom. The summed E-state index contributed by atoms with van der Waals surface area (Å²) >= 11 is 0. The highest BCUT2D eigenvalue weighted by atomic mass is 16.2. The molecule has 1 saturated heterocycles. The maximum absolute atomic E-state index is 12.2. The van der Waals surface area contributed by atoms with E-state index in [1.165, 1.54) is 0 Å². The fourth-order valence-electron chi connectivity index (χ4n) is 3.12. The van der Waals surface area contributed by atoms with E-state index in [2.05, 4.69) is 25.4 Å². The molecule has 0 aliphatic carbocycles. The van der Waals surface area contributed by atoms with Crippen LogP contribution in [0.25, 0.3) is 5.52 Å². The first-order valence-corrected chi connectivity index (χ1v) is 8.04. The van der Waals surface area contributed by atoms with Gasteiger partial charge in [-0.25, -0.2) is 9.50 Å². The van der Waals surface area contributed by atoms with Gasteiger partial charge in [0.25, 0.3) is 5.91 Å². The monoisotopic (exact) mass is 325 g/mol. The van der Waals surface area contributed by atoms with Crippen molar-refractivity contribution in [2.45, 2.75) is 18.9 Å². The van der Waals surface area contributed by atoms with E-state index in [0.717, 1.165) is 37.3 Å². The largest absolute Gasteiger partial charge is 0.355 e. The van der Waals surface area contributed by atoms with Crippen LogP contribution in [0.5, 0.6) is 0 Å². The van der Waals surface area contributed by atoms with Crippen molar-refractivity contribution in [3.63, 3.8) is 0 Å². The Labute approximate surface area is 139 Å². The van der Waals surface area contributed by atoms with Crippen molar-refractivity contribution in [3.05, 3.63) is 42.6 Å². The third-order valence-electron chi connectivity index (χ3n) is 4.38. The Morgan fingerprint density at radius 1 is 1.21 bits per heavy atom. The van der Waals surface area contributed by atoms with Crippen molar-refractivity contribution in [1.29, 1.82) is 0 Å². The number of nitrogens with zero attached hydrogens (tertiary/aromatic N) is 6. The molecule has 0 saturated carbocycles. The normalized spacial score (nSPS) is 15.8. The molecule has 1 fully saturated rings. The molecule has 3 aromatic rings. The van der Waals surface area contributed by atoms with Crippen LogP contribution in [0.2, 0.25) is 0 Å². The van der Waals surface area contributed by atoms with Crippen molar-refractivity contribution in [2.75, 3.05) is 18.0 Å². The Kier molecular flexibility index (Phi) is 3.64. The third kappa shape index (κ3) is 2.70. The molecule has 1 N–H and O–H groups in total. The van der Waals surface area contributed by atoms with E-state index in [4.69, 9.17) is 0 Å². The molecule has 4 heterocycles. The summed E-state index contributed by atoms with van der Waals surface area (Å²) < 4.78 is 3.46. The van der Waals surface area contributed by atoms with Crippen LogP contribution in [-0.2, 0) is 7.05 Å². The average molecular weight is 325 g/mol. The van der Waals surface area contributed by atoms with Gasteiger partial charge < -0.3 is 10.2 Å². The second-order valence-electron chi connectivity index (χ2n) is 6.02. The van der Waals surface area contributed by atoms with Crippen LogP contribution in [0.15, 0.2) is 36.9 Å². The topological polar surface area (TPSA) is 80.4 Å². The molecule has 1 aliphatic heterocycles. The minimum atomic E-state index is -0.106. The quantitative estimate of drug-likeness (QED) is 0.772. The summed E-state index contributed by atoms with van der Waals surface area (Å²) in [4.78, 5) is 18.9. The zero-order chi connectivity index (χ0) is 16.5. The smallest absolute Gasteiger partial charge is 0.271 e. The van der Waals surface area contributed by atoms with Gasteiger partial charge in [-0.15, -0.1) is 0 Å².